The molecule has 1 aliphatic rings. The summed E-state index contributed by atoms with van der Waals surface area (Å²) in [6.07, 6.45) is -3.88. The maximum Gasteiger partial charge on any atom is 0.419 e. The lowest BCUT2D eigenvalue weighted by Crippen LogP contribution is -2.30. The monoisotopic (exact) mass is 603 g/mol. The normalized spacial score (nSPS) is 15.0. The first-order chi connectivity index (χ1) is 19.2. The summed E-state index contributed by atoms with van der Waals surface area (Å²) in [6, 6.07) is 2.24. The molecule has 0 atom stereocenters. The third-order valence-electron chi connectivity index (χ3n) is 6.40. The van der Waals surface area contributed by atoms with Crippen molar-refractivity contribution in [1.29, 1.82) is 0 Å². The Bertz CT molecular complexity index is 1270. The second kappa shape index (κ2) is 13.6. The van der Waals surface area contributed by atoms with Crippen LogP contribution in [-0.2, 0) is 19.0 Å². The molecule has 3 heterocycles. The lowest BCUT2D eigenvalue weighted by Gasteiger charge is -2.24. The Morgan fingerprint density at radius 2 is 1.78 bits per heavy atom. The summed E-state index contributed by atoms with van der Waals surface area (Å²) in [7, 11) is 5.65. The minimum atomic E-state index is -4.59. The molecular weight excluding hydrogens is 572 g/mol. The van der Waals surface area contributed by atoms with Gasteiger partial charge in [0.15, 0.2) is 0 Å². The molecule has 0 radical (unpaired) electrons. The van der Waals surface area contributed by atoms with Crippen molar-refractivity contribution in [2.45, 2.75) is 25.2 Å². The topological polar surface area (TPSA) is 60.4 Å². The van der Waals surface area contributed by atoms with E-state index in [2.05, 4.69) is 21.9 Å². The van der Waals surface area contributed by atoms with Crippen LogP contribution in [0.25, 0.3) is 0 Å². The molecule has 0 aromatic carbocycles. The zero-order chi connectivity index (χ0) is 30.4. The van der Waals surface area contributed by atoms with E-state index in [4.69, 9.17) is 16.6 Å². The van der Waals surface area contributed by atoms with Gasteiger partial charge in [-0.25, -0.2) is 9.97 Å². The van der Waals surface area contributed by atoms with Crippen LogP contribution in [0.4, 0.5) is 43.9 Å². The number of likely N-dealkylation sites (N-methyl/N-ethyl adjacent to an activating group) is 2. The van der Waals surface area contributed by atoms with Crippen LogP contribution in [-0.4, -0.2) is 79.2 Å². The zero-order valence-corrected chi connectivity index (χ0v) is 23.7. The zero-order valence-electron chi connectivity index (χ0n) is 22.9. The number of nitrogens with one attached hydrogen (secondary N) is 1. The smallest absolute Gasteiger partial charge is 0.355 e. The Morgan fingerprint density at radius 3 is 2.39 bits per heavy atom. The highest BCUT2D eigenvalue weighted by molar-refractivity contribution is 6.19. The molecule has 0 fully saturated rings. The van der Waals surface area contributed by atoms with E-state index in [1.165, 1.54) is 24.4 Å². The highest BCUT2D eigenvalue weighted by Gasteiger charge is 2.36. The summed E-state index contributed by atoms with van der Waals surface area (Å²) >= 11 is 5.49. The Balaban J connectivity index is 2.02. The van der Waals surface area contributed by atoms with Crippen molar-refractivity contribution in [2.24, 2.45) is 0 Å². The molecular formula is C27H32ClF6N7. The molecule has 0 unspecified atom stereocenters. The summed E-state index contributed by atoms with van der Waals surface area (Å²) in [5, 5.41) is 3.05. The molecule has 1 aliphatic heterocycles. The molecule has 1 N–H and O–H groups in total. The van der Waals surface area contributed by atoms with Gasteiger partial charge in [0.05, 0.1) is 17.1 Å². The molecule has 3 rings (SSSR count). The maximum atomic E-state index is 13.7. The average Bonchev–Trinajstić information content (AvgIpc) is 3.13. The fourth-order valence-corrected chi connectivity index (χ4v) is 4.34. The third kappa shape index (κ3) is 8.59. The summed E-state index contributed by atoms with van der Waals surface area (Å²) in [5.74, 6) is -0.195. The Kier molecular flexibility index (Phi) is 10.6. The van der Waals surface area contributed by atoms with Crippen molar-refractivity contribution in [3.63, 3.8) is 0 Å². The Morgan fingerprint density at radius 1 is 1.07 bits per heavy atom. The number of halogens is 7. The maximum absolute atomic E-state index is 13.7. The van der Waals surface area contributed by atoms with Gasteiger partial charge in [0, 0.05) is 62.7 Å². The molecule has 7 nitrogen and oxygen atoms in total. The van der Waals surface area contributed by atoms with E-state index in [0.717, 1.165) is 12.1 Å². The third-order valence-corrected chi connectivity index (χ3v) is 6.69. The standard InChI is InChI=1S/C27H32ClF6N7/c1-5-19(9-8-18(17-28)26(29,30)31)36-23-20-10-13-41(24-21(27(32,33)34)7-6-12-35-24)14-11-22(20)37-25(38-23)40(4)16-15-39(2)3/h5-9,12H,1,10-11,13-17H2,2-4H3,(H,36,37,38)/b18-8+,19-9+. The lowest BCUT2D eigenvalue weighted by atomic mass is 10.1. The first kappa shape index (κ1) is 32.2. The van der Waals surface area contributed by atoms with E-state index in [-0.39, 0.29) is 31.0 Å². The van der Waals surface area contributed by atoms with Gasteiger partial charge in [-0.15, -0.1) is 11.6 Å². The molecule has 0 aliphatic carbocycles. The van der Waals surface area contributed by atoms with Gasteiger partial charge in [0.25, 0.3) is 0 Å². The van der Waals surface area contributed by atoms with Crippen LogP contribution in [0.15, 0.2) is 54.4 Å². The van der Waals surface area contributed by atoms with Crippen molar-refractivity contribution < 1.29 is 26.3 Å². The van der Waals surface area contributed by atoms with Gasteiger partial charge in [0.2, 0.25) is 5.95 Å². The molecule has 14 heteroatoms. The summed E-state index contributed by atoms with van der Waals surface area (Å²) in [6.45, 7) is 5.39. The highest BCUT2D eigenvalue weighted by Crippen LogP contribution is 2.36. The van der Waals surface area contributed by atoms with Crippen LogP contribution in [0.2, 0.25) is 0 Å². The minimum absolute atomic E-state index is 0.170. The summed E-state index contributed by atoms with van der Waals surface area (Å²) in [4.78, 5) is 18.8. The van der Waals surface area contributed by atoms with Gasteiger partial charge in [0.1, 0.15) is 11.6 Å². The Hall–Kier alpha value is -3.32. The van der Waals surface area contributed by atoms with Crippen LogP contribution in [0.1, 0.15) is 16.8 Å². The predicted octanol–water partition coefficient (Wildman–Crippen LogP) is 5.70. The fourth-order valence-electron chi connectivity index (χ4n) is 4.10. The van der Waals surface area contributed by atoms with E-state index in [1.54, 1.807) is 4.90 Å². The second-order valence-corrected chi connectivity index (χ2v) is 9.92. The van der Waals surface area contributed by atoms with Gasteiger partial charge in [-0.3, -0.25) is 0 Å². The number of hydrogen-bond donors (Lipinski definition) is 1. The molecule has 2 aromatic rings. The number of allylic oxidation sites excluding steroid dienone is 4. The minimum Gasteiger partial charge on any atom is -0.355 e. The van der Waals surface area contributed by atoms with Crippen molar-refractivity contribution >= 4 is 29.2 Å². The largest absolute Gasteiger partial charge is 0.419 e. The van der Waals surface area contributed by atoms with Gasteiger partial charge in [-0.2, -0.15) is 31.3 Å². The van der Waals surface area contributed by atoms with E-state index in [1.807, 2.05) is 30.9 Å². The summed E-state index contributed by atoms with van der Waals surface area (Å²) in [5.41, 5.74) is -0.270. The number of rotatable bonds is 10. The van der Waals surface area contributed by atoms with Gasteiger partial charge >= 0.3 is 12.4 Å². The van der Waals surface area contributed by atoms with Gasteiger partial charge in [-0.1, -0.05) is 12.7 Å². The quantitative estimate of drug-likeness (QED) is 0.212. The van der Waals surface area contributed by atoms with Crippen LogP contribution < -0.4 is 15.1 Å². The number of alkyl halides is 7. The van der Waals surface area contributed by atoms with Crippen molar-refractivity contribution in [3.05, 3.63) is 71.2 Å². The first-order valence-electron chi connectivity index (χ1n) is 12.7. The van der Waals surface area contributed by atoms with E-state index in [9.17, 15) is 26.3 Å². The number of nitrogens with zero attached hydrogens (tertiary/aromatic N) is 6. The molecule has 2 aromatic heterocycles. The molecule has 0 amide bonds. The number of fused-ring (bicyclic) bond motifs is 1. The van der Waals surface area contributed by atoms with Crippen molar-refractivity contribution in [3.8, 4) is 0 Å². The molecule has 0 bridgehead atoms. The van der Waals surface area contributed by atoms with E-state index < -0.39 is 29.4 Å². The lowest BCUT2D eigenvalue weighted by molar-refractivity contribution is -0.137. The molecule has 0 saturated carbocycles. The molecule has 41 heavy (non-hydrogen) atoms. The molecule has 0 saturated heterocycles. The number of pyridine rings is 1. The SMILES string of the molecule is C=C/C(=C\C=C(/CCl)C(F)(F)F)Nc1nc(N(C)CCN(C)C)nc2c1CCN(c1ncccc1C(F)(F)F)CC2. The summed E-state index contributed by atoms with van der Waals surface area (Å²) < 4.78 is 80.7. The number of hydrogen-bond acceptors (Lipinski definition) is 7. The van der Waals surface area contributed by atoms with Crippen LogP contribution >= 0.6 is 11.6 Å². The molecule has 224 valence electrons. The number of aromatic nitrogens is 3. The first-order valence-corrected chi connectivity index (χ1v) is 13.2. The van der Waals surface area contributed by atoms with Crippen LogP contribution in [0, 0.1) is 0 Å². The van der Waals surface area contributed by atoms with Crippen molar-refractivity contribution in [1.82, 2.24) is 19.9 Å². The van der Waals surface area contributed by atoms with Gasteiger partial charge < -0.3 is 20.0 Å². The van der Waals surface area contributed by atoms with Crippen LogP contribution in [0.5, 0.6) is 0 Å². The number of anilines is 3. The molecule has 0 spiro atoms. The predicted molar refractivity (Wildman–Crippen MR) is 149 cm³/mol. The van der Waals surface area contributed by atoms with Crippen LogP contribution in [0.3, 0.4) is 0 Å². The fraction of sp³-hybridized carbons (Fsp3) is 0.444. The van der Waals surface area contributed by atoms with E-state index in [0.29, 0.717) is 42.5 Å². The van der Waals surface area contributed by atoms with Crippen molar-refractivity contribution in [2.75, 3.05) is 68.3 Å². The van der Waals surface area contributed by atoms with E-state index >= 15 is 0 Å². The highest BCUT2D eigenvalue weighted by atomic mass is 35.5. The Labute approximate surface area is 240 Å². The average molecular weight is 604 g/mol. The van der Waals surface area contributed by atoms with Gasteiger partial charge in [-0.05, 0) is 44.8 Å². The second-order valence-electron chi connectivity index (χ2n) is 9.66.